The molecule has 0 unspecified atom stereocenters. The van der Waals surface area contributed by atoms with E-state index < -0.39 is 0 Å². The van der Waals surface area contributed by atoms with Crippen LogP contribution in [0.3, 0.4) is 0 Å². The molecule has 3 N–H and O–H groups in total. The Morgan fingerprint density at radius 2 is 1.75 bits per heavy atom. The number of anilines is 3. The van der Waals surface area contributed by atoms with Gasteiger partial charge in [-0.25, -0.2) is 4.98 Å². The Morgan fingerprint density at radius 3 is 2.47 bits per heavy atom. The molecule has 2 aromatic carbocycles. The fraction of sp³-hybridized carbons (Fsp3) is 0.375. The fourth-order valence-electron chi connectivity index (χ4n) is 4.10. The van der Waals surface area contributed by atoms with Crippen LogP contribution in [0.5, 0.6) is 0 Å². The van der Waals surface area contributed by atoms with Gasteiger partial charge in [0, 0.05) is 36.0 Å². The lowest BCUT2D eigenvalue weighted by Gasteiger charge is -2.30. The number of nitrogens with one attached hydrogen (secondary N) is 3. The van der Waals surface area contributed by atoms with Crippen molar-refractivity contribution in [3.05, 3.63) is 52.5 Å². The van der Waals surface area contributed by atoms with Gasteiger partial charge in [0.1, 0.15) is 5.82 Å². The first kappa shape index (κ1) is 22.7. The summed E-state index contributed by atoms with van der Waals surface area (Å²) in [7, 11) is 4.03. The highest BCUT2D eigenvalue weighted by atomic mass is 79.9. The normalized spacial score (nSPS) is 18.2. The van der Waals surface area contributed by atoms with Gasteiger partial charge in [0.05, 0.1) is 11.2 Å². The van der Waals surface area contributed by atoms with Crippen molar-refractivity contribution in [1.29, 1.82) is 0 Å². The lowest BCUT2D eigenvalue weighted by atomic mass is 9.91. The Balaban J connectivity index is 1.32. The van der Waals surface area contributed by atoms with Gasteiger partial charge in [0.15, 0.2) is 5.11 Å². The lowest BCUT2D eigenvalue weighted by Crippen LogP contribution is -2.42. The smallest absolute Gasteiger partial charge is 0.225 e. The molecule has 4 rings (SSSR count). The van der Waals surface area contributed by atoms with E-state index in [9.17, 15) is 0 Å². The molecule has 0 atom stereocenters. The molecule has 1 saturated carbocycles. The number of hydrogen-bond donors (Lipinski definition) is 3. The van der Waals surface area contributed by atoms with E-state index in [1.807, 2.05) is 43.3 Å². The van der Waals surface area contributed by atoms with E-state index in [1.165, 1.54) is 5.56 Å². The average molecular weight is 514 g/mol. The van der Waals surface area contributed by atoms with E-state index in [1.54, 1.807) is 0 Å². The number of nitrogens with zero attached hydrogens (tertiary/aromatic N) is 3. The summed E-state index contributed by atoms with van der Waals surface area (Å²) in [6, 6.07) is 15.1. The Morgan fingerprint density at radius 1 is 1.03 bits per heavy atom. The molecule has 168 valence electrons. The number of fused-ring (bicyclic) bond motifs is 1. The van der Waals surface area contributed by atoms with Gasteiger partial charge in [-0.2, -0.15) is 4.98 Å². The second kappa shape index (κ2) is 10.0. The van der Waals surface area contributed by atoms with Gasteiger partial charge in [0.25, 0.3) is 0 Å². The quantitative estimate of drug-likeness (QED) is 0.391. The van der Waals surface area contributed by atoms with Crippen LogP contribution >= 0.6 is 28.1 Å². The zero-order valence-corrected chi connectivity index (χ0v) is 21.1. The molecule has 1 fully saturated rings. The molecule has 0 saturated heterocycles. The van der Waals surface area contributed by atoms with Gasteiger partial charge in [-0.05, 0) is 90.6 Å². The molecule has 0 bridgehead atoms. The molecule has 1 aliphatic rings. The molecule has 0 amide bonds. The number of rotatable bonds is 5. The minimum atomic E-state index is 0.358. The van der Waals surface area contributed by atoms with Crippen molar-refractivity contribution in [1.82, 2.24) is 15.3 Å². The van der Waals surface area contributed by atoms with Crippen LogP contribution in [-0.4, -0.2) is 41.3 Å². The number of thiocarbonyl (C=S) groups is 1. The molecule has 0 radical (unpaired) electrons. The number of aromatic nitrogens is 2. The van der Waals surface area contributed by atoms with Crippen LogP contribution in [0.4, 0.5) is 17.5 Å². The maximum absolute atomic E-state index is 5.54. The number of benzene rings is 2. The molecule has 1 aliphatic carbocycles. The number of halogens is 1. The van der Waals surface area contributed by atoms with Crippen molar-refractivity contribution in [3.8, 4) is 0 Å². The Bertz CT molecular complexity index is 1110. The van der Waals surface area contributed by atoms with E-state index in [2.05, 4.69) is 57.0 Å². The maximum atomic E-state index is 5.54. The van der Waals surface area contributed by atoms with Gasteiger partial charge >= 0.3 is 0 Å². The third-order valence-electron chi connectivity index (χ3n) is 5.78. The van der Waals surface area contributed by atoms with Crippen LogP contribution < -0.4 is 20.9 Å². The zero-order chi connectivity index (χ0) is 22.7. The third-order valence-corrected chi connectivity index (χ3v) is 6.65. The molecule has 6 nitrogen and oxygen atoms in total. The second-order valence-electron chi connectivity index (χ2n) is 8.56. The Hall–Kier alpha value is -2.45. The summed E-state index contributed by atoms with van der Waals surface area (Å²) in [6.07, 6.45) is 4.18. The molecular formula is C24H29BrN6S. The van der Waals surface area contributed by atoms with E-state index >= 15 is 0 Å². The molecule has 1 aromatic heterocycles. The van der Waals surface area contributed by atoms with Gasteiger partial charge in [0.2, 0.25) is 5.95 Å². The van der Waals surface area contributed by atoms with Crippen molar-refractivity contribution in [2.45, 2.75) is 44.7 Å². The summed E-state index contributed by atoms with van der Waals surface area (Å²) in [5, 5.41) is 12.1. The minimum absolute atomic E-state index is 0.358. The van der Waals surface area contributed by atoms with Gasteiger partial charge in [-0.1, -0.05) is 18.2 Å². The van der Waals surface area contributed by atoms with Crippen molar-refractivity contribution in [2.24, 2.45) is 0 Å². The first-order valence-electron chi connectivity index (χ1n) is 10.9. The van der Waals surface area contributed by atoms with Crippen molar-refractivity contribution in [3.63, 3.8) is 0 Å². The highest BCUT2D eigenvalue weighted by Crippen LogP contribution is 2.27. The standard InChI is InChI=1S/C24H29BrN6S/c1-15-8-13-21(19(25)14-15)29-24(32)27-17-11-9-16(10-12-17)26-23-28-20-7-5-4-6-18(20)22(30-23)31(2)3/h4-8,13-14,16-17H,9-12H2,1-3H3,(H,26,28,30)(H2,27,29,32)/t16-,17+. The average Bonchev–Trinajstić information content (AvgIpc) is 2.76. The zero-order valence-electron chi connectivity index (χ0n) is 18.7. The van der Waals surface area contributed by atoms with Crippen molar-refractivity contribution >= 4 is 61.6 Å². The number of hydrogen-bond acceptors (Lipinski definition) is 5. The van der Waals surface area contributed by atoms with Crippen molar-refractivity contribution in [2.75, 3.05) is 29.6 Å². The first-order valence-corrected chi connectivity index (χ1v) is 12.1. The molecule has 1 heterocycles. The molecule has 32 heavy (non-hydrogen) atoms. The number of aryl methyl sites for hydroxylation is 1. The Labute approximate surface area is 203 Å². The summed E-state index contributed by atoms with van der Waals surface area (Å²) < 4.78 is 1.02. The fourth-order valence-corrected chi connectivity index (χ4v) is 4.96. The third kappa shape index (κ3) is 5.48. The topological polar surface area (TPSA) is 65.1 Å². The minimum Gasteiger partial charge on any atom is -0.362 e. The van der Waals surface area contributed by atoms with Gasteiger partial charge in [-0.15, -0.1) is 0 Å². The predicted octanol–water partition coefficient (Wildman–Crippen LogP) is 5.48. The summed E-state index contributed by atoms with van der Waals surface area (Å²) in [5.74, 6) is 1.64. The summed E-state index contributed by atoms with van der Waals surface area (Å²) in [5.41, 5.74) is 3.15. The molecule has 3 aromatic rings. The highest BCUT2D eigenvalue weighted by Gasteiger charge is 2.23. The summed E-state index contributed by atoms with van der Waals surface area (Å²) in [6.45, 7) is 2.07. The van der Waals surface area contributed by atoms with Crippen LogP contribution in [0.15, 0.2) is 46.9 Å². The Kier molecular flexibility index (Phi) is 7.10. The van der Waals surface area contributed by atoms with E-state index in [0.717, 1.165) is 52.6 Å². The van der Waals surface area contributed by atoms with Crippen LogP contribution in [0.2, 0.25) is 0 Å². The van der Waals surface area contributed by atoms with E-state index in [0.29, 0.717) is 23.1 Å². The van der Waals surface area contributed by atoms with Crippen LogP contribution in [0.1, 0.15) is 31.2 Å². The van der Waals surface area contributed by atoms with Crippen molar-refractivity contribution < 1.29 is 0 Å². The van der Waals surface area contributed by atoms with Crippen LogP contribution in [0, 0.1) is 6.92 Å². The number of para-hydroxylation sites is 1. The van der Waals surface area contributed by atoms with Crippen LogP contribution in [0.25, 0.3) is 10.9 Å². The van der Waals surface area contributed by atoms with Crippen LogP contribution in [-0.2, 0) is 0 Å². The lowest BCUT2D eigenvalue weighted by molar-refractivity contribution is 0.387. The SMILES string of the molecule is Cc1ccc(NC(=S)N[C@H]2CC[C@@H](Nc3nc(N(C)C)c4ccccc4n3)CC2)c(Br)c1. The highest BCUT2D eigenvalue weighted by molar-refractivity contribution is 9.10. The van der Waals surface area contributed by atoms with Gasteiger partial charge < -0.3 is 20.9 Å². The molecule has 0 spiro atoms. The maximum Gasteiger partial charge on any atom is 0.225 e. The monoisotopic (exact) mass is 512 g/mol. The van der Waals surface area contributed by atoms with E-state index in [-0.39, 0.29) is 0 Å². The van der Waals surface area contributed by atoms with E-state index in [4.69, 9.17) is 22.2 Å². The predicted molar refractivity (Wildman–Crippen MR) is 142 cm³/mol. The second-order valence-corrected chi connectivity index (χ2v) is 9.82. The van der Waals surface area contributed by atoms with Gasteiger partial charge in [-0.3, -0.25) is 0 Å². The summed E-state index contributed by atoms with van der Waals surface area (Å²) >= 11 is 9.14. The first-order chi connectivity index (χ1) is 15.4. The molecular weight excluding hydrogens is 484 g/mol. The molecule has 0 aliphatic heterocycles. The summed E-state index contributed by atoms with van der Waals surface area (Å²) in [4.78, 5) is 11.6. The largest absolute Gasteiger partial charge is 0.362 e. The molecule has 8 heteroatoms.